The zero-order valence-corrected chi connectivity index (χ0v) is 28.9. The Morgan fingerprint density at radius 3 is 1.16 bits per heavy atom. The van der Waals surface area contributed by atoms with Gasteiger partial charge in [-0.3, -0.25) is 9.59 Å². The van der Waals surface area contributed by atoms with E-state index in [0.29, 0.717) is 13.0 Å². The average Bonchev–Trinajstić information content (AvgIpc) is 2.99. The highest BCUT2D eigenvalue weighted by Crippen LogP contribution is 2.13. The molecule has 0 rings (SSSR count). The van der Waals surface area contributed by atoms with Crippen molar-refractivity contribution >= 4 is 11.9 Å². The van der Waals surface area contributed by atoms with Crippen LogP contribution in [-0.2, 0) is 9.59 Å². The van der Waals surface area contributed by atoms with Crippen molar-refractivity contribution < 1.29 is 14.7 Å². The van der Waals surface area contributed by atoms with Gasteiger partial charge in [-0.1, -0.05) is 154 Å². The first-order chi connectivity index (χ1) is 21.1. The van der Waals surface area contributed by atoms with Gasteiger partial charge in [0.15, 0.2) is 0 Å². The number of carbonyl (C=O) groups excluding carboxylic acids is 1. The van der Waals surface area contributed by atoms with E-state index in [4.69, 9.17) is 0 Å². The number of aliphatic carboxylic acids is 1. The second kappa shape index (κ2) is 34.9. The van der Waals surface area contributed by atoms with Crippen LogP contribution in [-0.4, -0.2) is 35.0 Å². The lowest BCUT2D eigenvalue weighted by atomic mass is 10.1. The minimum atomic E-state index is -0.904. The number of hydrogen-bond donors (Lipinski definition) is 1. The van der Waals surface area contributed by atoms with Gasteiger partial charge in [0.05, 0.1) is 0 Å². The number of unbranched alkanes of at least 4 members (excludes halogenated alkanes) is 24. The predicted molar refractivity (Wildman–Crippen MR) is 188 cm³/mol. The fraction of sp³-hybridized carbons (Fsp3) is 0.846. The van der Waals surface area contributed by atoms with Gasteiger partial charge in [-0.25, -0.2) is 0 Å². The molecule has 0 aromatic carbocycles. The van der Waals surface area contributed by atoms with Gasteiger partial charge in [0.1, 0.15) is 6.54 Å². The maximum atomic E-state index is 12.7. The number of amides is 1. The summed E-state index contributed by atoms with van der Waals surface area (Å²) < 4.78 is 0. The molecule has 0 aliphatic carbocycles. The van der Waals surface area contributed by atoms with Gasteiger partial charge in [0.2, 0.25) is 5.91 Å². The number of allylic oxidation sites excluding steroid dienone is 4. The van der Waals surface area contributed by atoms with E-state index in [2.05, 4.69) is 38.2 Å². The lowest BCUT2D eigenvalue weighted by Crippen LogP contribution is -2.36. The second-order valence-electron chi connectivity index (χ2n) is 12.8. The van der Waals surface area contributed by atoms with E-state index in [0.717, 1.165) is 38.5 Å². The van der Waals surface area contributed by atoms with Gasteiger partial charge in [-0.2, -0.15) is 0 Å². The molecule has 0 saturated heterocycles. The zero-order chi connectivity index (χ0) is 31.5. The monoisotopic (exact) mass is 604 g/mol. The van der Waals surface area contributed by atoms with Crippen molar-refractivity contribution in [2.24, 2.45) is 0 Å². The van der Waals surface area contributed by atoms with Crippen molar-refractivity contribution in [3.8, 4) is 0 Å². The molecule has 0 bridgehead atoms. The maximum Gasteiger partial charge on any atom is 0.323 e. The number of carboxylic acids is 1. The van der Waals surface area contributed by atoms with Crippen molar-refractivity contribution in [1.29, 1.82) is 0 Å². The lowest BCUT2D eigenvalue weighted by molar-refractivity contribution is -0.144. The van der Waals surface area contributed by atoms with E-state index < -0.39 is 5.97 Å². The van der Waals surface area contributed by atoms with Gasteiger partial charge in [0, 0.05) is 13.0 Å². The Kier molecular flexibility index (Phi) is 33.6. The first-order valence-electron chi connectivity index (χ1n) is 18.9. The van der Waals surface area contributed by atoms with Crippen LogP contribution in [0.3, 0.4) is 0 Å². The summed E-state index contributed by atoms with van der Waals surface area (Å²) >= 11 is 0. The fourth-order valence-electron chi connectivity index (χ4n) is 5.69. The van der Waals surface area contributed by atoms with Crippen LogP contribution >= 0.6 is 0 Å². The number of nitrogens with zero attached hydrogens (tertiary/aromatic N) is 1. The molecule has 43 heavy (non-hydrogen) atoms. The molecule has 0 spiro atoms. The van der Waals surface area contributed by atoms with Gasteiger partial charge < -0.3 is 10.0 Å². The van der Waals surface area contributed by atoms with Crippen molar-refractivity contribution in [3.05, 3.63) is 24.3 Å². The van der Waals surface area contributed by atoms with Crippen LogP contribution in [0.2, 0.25) is 0 Å². The van der Waals surface area contributed by atoms with Crippen LogP contribution in [0.1, 0.15) is 200 Å². The topological polar surface area (TPSA) is 57.6 Å². The molecule has 0 unspecified atom stereocenters. The number of rotatable bonds is 34. The Morgan fingerprint density at radius 1 is 0.465 bits per heavy atom. The van der Waals surface area contributed by atoms with Crippen molar-refractivity contribution in [2.45, 2.75) is 200 Å². The Bertz CT molecular complexity index is 657. The zero-order valence-electron chi connectivity index (χ0n) is 28.9. The van der Waals surface area contributed by atoms with Crippen LogP contribution in [0.5, 0.6) is 0 Å². The average molecular weight is 604 g/mol. The predicted octanol–water partition coefficient (Wildman–Crippen LogP) is 12.4. The smallest absolute Gasteiger partial charge is 0.323 e. The first-order valence-corrected chi connectivity index (χ1v) is 18.9. The standard InChI is InChI=1S/C39H73NO3/c1-3-5-7-9-11-13-15-17-19-20-22-24-26-28-30-32-34-36-40(37-39(42)43)38(41)35-33-31-29-27-25-23-21-18-16-14-12-10-8-6-4-2/h17-19,21H,3-16,20,22-37H2,1-2H3,(H,42,43)/b19-17-,21-18-. The van der Waals surface area contributed by atoms with Crippen LogP contribution in [0.25, 0.3) is 0 Å². The Balaban J connectivity index is 3.69. The fourth-order valence-corrected chi connectivity index (χ4v) is 5.69. The summed E-state index contributed by atoms with van der Waals surface area (Å²) in [6.45, 7) is 4.96. The van der Waals surface area contributed by atoms with E-state index in [1.54, 1.807) is 4.90 Å². The molecule has 0 aromatic rings. The third-order valence-electron chi connectivity index (χ3n) is 8.52. The summed E-state index contributed by atoms with van der Waals surface area (Å²) in [5, 5.41) is 9.28. The first kappa shape index (κ1) is 41.4. The lowest BCUT2D eigenvalue weighted by Gasteiger charge is -2.20. The number of carbonyl (C=O) groups is 2. The molecule has 0 radical (unpaired) electrons. The molecule has 4 heteroatoms. The van der Waals surface area contributed by atoms with Crippen molar-refractivity contribution in [2.75, 3.05) is 13.1 Å². The van der Waals surface area contributed by atoms with Gasteiger partial charge in [-0.15, -0.1) is 0 Å². The summed E-state index contributed by atoms with van der Waals surface area (Å²) in [6, 6.07) is 0. The molecule has 0 atom stereocenters. The summed E-state index contributed by atoms with van der Waals surface area (Å²) in [7, 11) is 0. The summed E-state index contributed by atoms with van der Waals surface area (Å²) in [6.07, 6.45) is 44.9. The summed E-state index contributed by atoms with van der Waals surface area (Å²) in [5.74, 6) is -0.886. The van der Waals surface area contributed by atoms with Crippen LogP contribution in [0.15, 0.2) is 24.3 Å². The molecule has 1 N–H and O–H groups in total. The Hall–Kier alpha value is -1.58. The maximum absolute atomic E-state index is 12.7. The molecular weight excluding hydrogens is 530 g/mol. The summed E-state index contributed by atoms with van der Waals surface area (Å²) in [5.41, 5.74) is 0. The highest BCUT2D eigenvalue weighted by molar-refractivity contribution is 5.81. The van der Waals surface area contributed by atoms with Gasteiger partial charge >= 0.3 is 5.97 Å². The molecule has 0 heterocycles. The Morgan fingerprint density at radius 2 is 0.791 bits per heavy atom. The van der Waals surface area contributed by atoms with Crippen LogP contribution in [0.4, 0.5) is 0 Å². The largest absolute Gasteiger partial charge is 0.480 e. The Labute approximate surface area is 268 Å². The quantitative estimate of drug-likeness (QED) is 0.0588. The van der Waals surface area contributed by atoms with Gasteiger partial charge in [0.25, 0.3) is 0 Å². The normalized spacial score (nSPS) is 11.7. The SMILES string of the molecule is CCCCCCCC/C=C\CCCCCCCCCN(CC(=O)O)C(=O)CCCCCCC/C=C\CCCCCCCC. The third kappa shape index (κ3) is 33.2. The molecule has 0 aliphatic heterocycles. The van der Waals surface area contributed by atoms with E-state index >= 15 is 0 Å². The molecule has 0 aliphatic rings. The molecule has 0 aromatic heterocycles. The molecule has 0 fully saturated rings. The van der Waals surface area contributed by atoms with Crippen LogP contribution < -0.4 is 0 Å². The minimum Gasteiger partial charge on any atom is -0.480 e. The molecule has 4 nitrogen and oxygen atoms in total. The molecular formula is C39H73NO3. The van der Waals surface area contributed by atoms with E-state index in [9.17, 15) is 14.7 Å². The van der Waals surface area contributed by atoms with Crippen molar-refractivity contribution in [1.82, 2.24) is 4.90 Å². The number of hydrogen-bond acceptors (Lipinski definition) is 2. The van der Waals surface area contributed by atoms with Gasteiger partial charge in [-0.05, 0) is 64.2 Å². The van der Waals surface area contributed by atoms with E-state index in [-0.39, 0.29) is 12.5 Å². The second-order valence-corrected chi connectivity index (χ2v) is 12.8. The van der Waals surface area contributed by atoms with Crippen molar-refractivity contribution in [3.63, 3.8) is 0 Å². The summed E-state index contributed by atoms with van der Waals surface area (Å²) in [4.78, 5) is 25.5. The minimum absolute atomic E-state index is 0.0181. The highest BCUT2D eigenvalue weighted by Gasteiger charge is 2.15. The van der Waals surface area contributed by atoms with Crippen LogP contribution in [0, 0.1) is 0 Å². The number of carboxylic acid groups (broad SMARTS) is 1. The van der Waals surface area contributed by atoms with E-state index in [1.165, 1.54) is 141 Å². The molecule has 252 valence electrons. The highest BCUT2D eigenvalue weighted by atomic mass is 16.4. The van der Waals surface area contributed by atoms with E-state index in [1.807, 2.05) is 0 Å². The third-order valence-corrected chi connectivity index (χ3v) is 8.52. The molecule has 1 amide bonds. The molecule has 0 saturated carbocycles.